The minimum Gasteiger partial charge on any atom is -0.457 e. The van der Waals surface area contributed by atoms with Gasteiger partial charge in [-0.1, -0.05) is 36.4 Å². The molecule has 0 radical (unpaired) electrons. The molecule has 182 valence electrons. The third-order valence-corrected chi connectivity index (χ3v) is 6.39. The number of hydrogen-bond acceptors (Lipinski definition) is 4. The predicted octanol–water partition coefficient (Wildman–Crippen LogP) is 6.36. The van der Waals surface area contributed by atoms with Crippen LogP contribution in [0.3, 0.4) is 0 Å². The largest absolute Gasteiger partial charge is 0.457 e. The lowest BCUT2D eigenvalue weighted by Crippen LogP contribution is -2.35. The summed E-state index contributed by atoms with van der Waals surface area (Å²) in [6.07, 6.45) is 1.75. The minimum atomic E-state index is -0.881. The SMILES string of the molecule is CC1=C(C(=O)Nc2c(F)cccc2F)[C@@H](c2cccc(Oc3ccccc3)c2)C2=C(CCCC2=O)N1. The van der Waals surface area contributed by atoms with Gasteiger partial charge in [0.2, 0.25) is 0 Å². The molecule has 3 aromatic rings. The number of ketones is 1. The Morgan fingerprint density at radius 3 is 2.39 bits per heavy atom. The van der Waals surface area contributed by atoms with Gasteiger partial charge in [0.15, 0.2) is 5.78 Å². The zero-order valence-electron chi connectivity index (χ0n) is 19.6. The van der Waals surface area contributed by atoms with Crippen molar-refractivity contribution >= 4 is 17.4 Å². The molecule has 5 nitrogen and oxygen atoms in total. The van der Waals surface area contributed by atoms with Crippen molar-refractivity contribution in [1.29, 1.82) is 0 Å². The predicted molar refractivity (Wildman–Crippen MR) is 132 cm³/mol. The van der Waals surface area contributed by atoms with Crippen LogP contribution in [0, 0.1) is 11.6 Å². The lowest BCUT2D eigenvalue weighted by Gasteiger charge is -2.34. The van der Waals surface area contributed by atoms with Gasteiger partial charge in [0.25, 0.3) is 5.91 Å². The number of hydrogen-bond donors (Lipinski definition) is 2. The number of anilines is 1. The third-order valence-electron chi connectivity index (χ3n) is 6.39. The van der Waals surface area contributed by atoms with Crippen LogP contribution >= 0.6 is 0 Å². The molecule has 2 N–H and O–H groups in total. The van der Waals surface area contributed by atoms with Crippen molar-refractivity contribution in [3.8, 4) is 11.5 Å². The van der Waals surface area contributed by atoms with Gasteiger partial charge >= 0.3 is 0 Å². The monoisotopic (exact) mass is 486 g/mol. The molecule has 0 bridgehead atoms. The smallest absolute Gasteiger partial charge is 0.254 e. The first-order valence-corrected chi connectivity index (χ1v) is 11.7. The second-order valence-electron chi connectivity index (χ2n) is 8.80. The number of carbonyl (C=O) groups is 2. The first-order chi connectivity index (χ1) is 17.4. The van der Waals surface area contributed by atoms with Gasteiger partial charge in [0.05, 0.1) is 0 Å². The zero-order valence-corrected chi connectivity index (χ0v) is 19.6. The molecule has 36 heavy (non-hydrogen) atoms. The van der Waals surface area contributed by atoms with E-state index in [1.165, 1.54) is 6.07 Å². The van der Waals surface area contributed by atoms with Crippen LogP contribution in [0.25, 0.3) is 0 Å². The summed E-state index contributed by atoms with van der Waals surface area (Å²) in [6.45, 7) is 1.73. The van der Waals surface area contributed by atoms with E-state index in [2.05, 4.69) is 10.6 Å². The minimum absolute atomic E-state index is 0.0574. The van der Waals surface area contributed by atoms with E-state index in [0.717, 1.165) is 17.8 Å². The summed E-state index contributed by atoms with van der Waals surface area (Å²) in [5.41, 5.74) is 2.17. The molecule has 0 unspecified atom stereocenters. The van der Waals surface area contributed by atoms with Crippen LogP contribution in [-0.2, 0) is 9.59 Å². The average molecular weight is 487 g/mol. The van der Waals surface area contributed by atoms with Crippen LogP contribution in [0.5, 0.6) is 11.5 Å². The van der Waals surface area contributed by atoms with E-state index < -0.39 is 29.1 Å². The van der Waals surface area contributed by atoms with Crippen LogP contribution in [0.1, 0.15) is 37.7 Å². The van der Waals surface area contributed by atoms with Crippen molar-refractivity contribution in [3.63, 3.8) is 0 Å². The summed E-state index contributed by atoms with van der Waals surface area (Å²) in [6, 6.07) is 19.8. The molecule has 2 aliphatic rings. The van der Waals surface area contributed by atoms with E-state index in [4.69, 9.17) is 4.74 Å². The molecule has 1 aliphatic carbocycles. The number of benzene rings is 3. The van der Waals surface area contributed by atoms with Crippen molar-refractivity contribution < 1.29 is 23.1 Å². The van der Waals surface area contributed by atoms with Crippen LogP contribution in [-0.4, -0.2) is 11.7 Å². The molecule has 0 fully saturated rings. The Hall–Kier alpha value is -4.26. The number of para-hydroxylation sites is 2. The first kappa shape index (κ1) is 23.5. The maximum atomic E-state index is 14.3. The van der Waals surface area contributed by atoms with E-state index >= 15 is 0 Å². The highest BCUT2D eigenvalue weighted by atomic mass is 19.1. The van der Waals surface area contributed by atoms with Crippen LogP contribution < -0.4 is 15.4 Å². The number of ether oxygens (including phenoxy) is 1. The van der Waals surface area contributed by atoms with Crippen LogP contribution in [0.15, 0.2) is 95.3 Å². The van der Waals surface area contributed by atoms with Gasteiger partial charge in [0, 0.05) is 34.9 Å². The Morgan fingerprint density at radius 1 is 0.944 bits per heavy atom. The van der Waals surface area contributed by atoms with Gasteiger partial charge in [-0.25, -0.2) is 8.78 Å². The Labute approximate surface area is 207 Å². The van der Waals surface area contributed by atoms with E-state index in [1.54, 1.807) is 25.1 Å². The maximum Gasteiger partial charge on any atom is 0.254 e. The number of allylic oxidation sites excluding steroid dienone is 3. The summed E-state index contributed by atoms with van der Waals surface area (Å²) in [4.78, 5) is 26.6. The van der Waals surface area contributed by atoms with Crippen LogP contribution in [0.4, 0.5) is 14.5 Å². The van der Waals surface area contributed by atoms with Crippen molar-refractivity contribution in [1.82, 2.24) is 5.32 Å². The summed E-state index contributed by atoms with van der Waals surface area (Å²) >= 11 is 0. The fourth-order valence-corrected chi connectivity index (χ4v) is 4.80. The van der Waals surface area contributed by atoms with Gasteiger partial charge in [-0.3, -0.25) is 9.59 Å². The number of dihydropyridines is 1. The number of halogens is 2. The highest BCUT2D eigenvalue weighted by Gasteiger charge is 2.39. The Balaban J connectivity index is 1.57. The molecular weight excluding hydrogens is 462 g/mol. The number of amides is 1. The van der Waals surface area contributed by atoms with Crippen molar-refractivity contribution in [2.24, 2.45) is 0 Å². The molecule has 0 saturated heterocycles. The van der Waals surface area contributed by atoms with E-state index in [-0.39, 0.29) is 11.4 Å². The summed E-state index contributed by atoms with van der Waals surface area (Å²) in [5, 5.41) is 5.60. The van der Waals surface area contributed by atoms with Gasteiger partial charge < -0.3 is 15.4 Å². The molecule has 1 heterocycles. The lowest BCUT2D eigenvalue weighted by molar-refractivity contribution is -0.116. The topological polar surface area (TPSA) is 67.4 Å². The van der Waals surface area contributed by atoms with Crippen molar-refractivity contribution in [2.45, 2.75) is 32.1 Å². The molecule has 1 amide bonds. The van der Waals surface area contributed by atoms with E-state index in [1.807, 2.05) is 36.4 Å². The first-order valence-electron chi connectivity index (χ1n) is 11.7. The van der Waals surface area contributed by atoms with E-state index in [9.17, 15) is 18.4 Å². The van der Waals surface area contributed by atoms with Crippen molar-refractivity contribution in [2.75, 3.05) is 5.32 Å². The maximum absolute atomic E-state index is 14.3. The van der Waals surface area contributed by atoms with Crippen LogP contribution in [0.2, 0.25) is 0 Å². The second-order valence-corrected chi connectivity index (χ2v) is 8.80. The van der Waals surface area contributed by atoms with E-state index in [0.29, 0.717) is 47.6 Å². The van der Waals surface area contributed by atoms with Crippen molar-refractivity contribution in [3.05, 3.63) is 113 Å². The Kier molecular flexibility index (Phi) is 6.38. The normalized spacial score (nSPS) is 17.4. The fraction of sp³-hybridized carbons (Fsp3) is 0.172. The van der Waals surface area contributed by atoms with Gasteiger partial charge in [-0.2, -0.15) is 0 Å². The fourth-order valence-electron chi connectivity index (χ4n) is 4.80. The van der Waals surface area contributed by atoms with Gasteiger partial charge in [-0.15, -0.1) is 0 Å². The summed E-state index contributed by atoms with van der Waals surface area (Å²) in [5.74, 6) is -2.04. The Morgan fingerprint density at radius 2 is 1.64 bits per heavy atom. The average Bonchev–Trinajstić information content (AvgIpc) is 2.86. The number of carbonyl (C=O) groups excluding carboxylic acids is 2. The standard InChI is InChI=1S/C29H24F2N2O3/c1-17-25(29(35)33-28-21(30)12-6-13-22(28)31)26(27-23(32-17)14-7-15-24(27)34)18-8-5-11-20(16-18)36-19-9-3-2-4-10-19/h2-6,8-13,16,26,32H,7,14-15H2,1H3,(H,33,35)/t26-/m1/s1. The Bertz CT molecular complexity index is 1390. The molecule has 0 aromatic heterocycles. The zero-order chi connectivity index (χ0) is 25.2. The summed E-state index contributed by atoms with van der Waals surface area (Å²) in [7, 11) is 0. The second kappa shape index (κ2) is 9.77. The number of Topliss-reactive ketones (excluding diaryl/α,β-unsaturated/α-hetero) is 1. The molecule has 7 heteroatoms. The highest BCUT2D eigenvalue weighted by Crippen LogP contribution is 2.43. The molecule has 3 aromatic carbocycles. The molecule has 0 spiro atoms. The number of nitrogens with one attached hydrogen (secondary N) is 2. The number of rotatable bonds is 5. The quantitative estimate of drug-likeness (QED) is 0.440. The highest BCUT2D eigenvalue weighted by molar-refractivity contribution is 6.09. The lowest BCUT2D eigenvalue weighted by atomic mass is 9.75. The molecule has 5 rings (SSSR count). The molecule has 0 saturated carbocycles. The molecular formula is C29H24F2N2O3. The van der Waals surface area contributed by atoms with Gasteiger partial charge in [0.1, 0.15) is 28.8 Å². The third kappa shape index (κ3) is 4.52. The van der Waals surface area contributed by atoms with Gasteiger partial charge in [-0.05, 0) is 61.7 Å². The summed E-state index contributed by atoms with van der Waals surface area (Å²) < 4.78 is 34.6. The molecule has 1 atom stereocenters. The molecule has 1 aliphatic heterocycles.